The molecule has 0 atom stereocenters. The van der Waals surface area contributed by atoms with Gasteiger partial charge in [0.1, 0.15) is 5.75 Å². The van der Waals surface area contributed by atoms with Gasteiger partial charge in [-0.05, 0) is 24.6 Å². The molecule has 7 nitrogen and oxygen atoms in total. The molecule has 0 spiro atoms. The third kappa shape index (κ3) is 4.89. The van der Waals surface area contributed by atoms with E-state index < -0.39 is 0 Å². The van der Waals surface area contributed by atoms with Crippen LogP contribution in [0.1, 0.15) is 18.9 Å². The fraction of sp³-hybridized carbons (Fsp3) is 0.300. The zero-order valence-electron chi connectivity index (χ0n) is 16.0. The third-order valence-electron chi connectivity index (χ3n) is 4.10. The van der Waals surface area contributed by atoms with Gasteiger partial charge in [-0.1, -0.05) is 36.9 Å². The monoisotopic (exact) mass is 397 g/mol. The highest BCUT2D eigenvalue weighted by molar-refractivity contribution is 7.99. The number of methoxy groups -OCH3 is 1. The minimum atomic E-state index is -0.0626. The number of thioether (sulfide) groups is 1. The predicted molar refractivity (Wildman–Crippen MR) is 109 cm³/mol. The third-order valence-corrected chi connectivity index (χ3v) is 5.07. The normalized spacial score (nSPS) is 10.6. The van der Waals surface area contributed by atoms with Gasteiger partial charge in [-0.25, -0.2) is 0 Å². The summed E-state index contributed by atoms with van der Waals surface area (Å²) in [5.74, 6) is 1.77. The van der Waals surface area contributed by atoms with E-state index in [1.54, 1.807) is 19.5 Å². The van der Waals surface area contributed by atoms with E-state index in [0.717, 1.165) is 40.8 Å². The van der Waals surface area contributed by atoms with Crippen molar-refractivity contribution in [2.45, 2.75) is 31.6 Å². The van der Waals surface area contributed by atoms with E-state index in [1.807, 2.05) is 41.0 Å². The van der Waals surface area contributed by atoms with Gasteiger partial charge in [0.25, 0.3) is 0 Å². The molecule has 0 saturated heterocycles. The SMILES string of the molecule is CCCn1c(SCC(=O)NCc2ccccc2OC)nnc1-c1ccncc1. The Morgan fingerprint density at radius 3 is 2.71 bits per heavy atom. The minimum absolute atomic E-state index is 0.0626. The maximum absolute atomic E-state index is 12.3. The smallest absolute Gasteiger partial charge is 0.230 e. The molecule has 0 bridgehead atoms. The van der Waals surface area contributed by atoms with Crippen molar-refractivity contribution in [1.82, 2.24) is 25.1 Å². The molecule has 0 aliphatic carbocycles. The van der Waals surface area contributed by atoms with Crippen molar-refractivity contribution < 1.29 is 9.53 Å². The lowest BCUT2D eigenvalue weighted by atomic mass is 10.2. The van der Waals surface area contributed by atoms with E-state index in [0.29, 0.717) is 6.54 Å². The summed E-state index contributed by atoms with van der Waals surface area (Å²) >= 11 is 1.39. The van der Waals surface area contributed by atoms with Crippen LogP contribution in [0.2, 0.25) is 0 Å². The number of nitrogens with one attached hydrogen (secondary N) is 1. The van der Waals surface area contributed by atoms with E-state index in [4.69, 9.17) is 4.74 Å². The quantitative estimate of drug-likeness (QED) is 0.559. The van der Waals surface area contributed by atoms with Crippen molar-refractivity contribution in [2.75, 3.05) is 12.9 Å². The van der Waals surface area contributed by atoms with Crippen LogP contribution in [-0.2, 0) is 17.9 Å². The molecule has 0 radical (unpaired) electrons. The topological polar surface area (TPSA) is 81.9 Å². The van der Waals surface area contributed by atoms with Gasteiger partial charge in [0.15, 0.2) is 11.0 Å². The van der Waals surface area contributed by atoms with Gasteiger partial charge in [-0.3, -0.25) is 9.78 Å². The van der Waals surface area contributed by atoms with Gasteiger partial charge in [-0.2, -0.15) is 0 Å². The highest BCUT2D eigenvalue weighted by atomic mass is 32.2. The number of pyridine rings is 1. The van der Waals surface area contributed by atoms with Crippen molar-refractivity contribution in [1.29, 1.82) is 0 Å². The minimum Gasteiger partial charge on any atom is -0.496 e. The summed E-state index contributed by atoms with van der Waals surface area (Å²) in [6.45, 7) is 3.31. The second-order valence-corrected chi connectivity index (χ2v) is 7.01. The van der Waals surface area contributed by atoms with Crippen molar-refractivity contribution in [3.63, 3.8) is 0 Å². The molecule has 0 aliphatic heterocycles. The Bertz CT molecular complexity index is 914. The standard InChI is InChI=1S/C20H23N5O2S/c1-3-12-25-19(15-8-10-21-11-9-15)23-24-20(25)28-14-18(26)22-13-16-6-4-5-7-17(16)27-2/h4-11H,3,12-14H2,1-2H3,(H,22,26). The van der Waals surface area contributed by atoms with Crippen LogP contribution in [0.15, 0.2) is 53.9 Å². The second kappa shape index (κ2) is 9.89. The molecule has 0 fully saturated rings. The van der Waals surface area contributed by atoms with Gasteiger partial charge in [-0.15, -0.1) is 10.2 Å². The molecule has 1 amide bonds. The number of amides is 1. The average Bonchev–Trinajstić information content (AvgIpc) is 3.14. The summed E-state index contributed by atoms with van der Waals surface area (Å²) in [5, 5.41) is 12.3. The molecule has 146 valence electrons. The molecular formula is C20H23N5O2S. The van der Waals surface area contributed by atoms with Crippen LogP contribution in [0.25, 0.3) is 11.4 Å². The number of carbonyl (C=O) groups is 1. The van der Waals surface area contributed by atoms with Crippen LogP contribution < -0.4 is 10.1 Å². The zero-order chi connectivity index (χ0) is 19.8. The first-order chi connectivity index (χ1) is 13.7. The van der Waals surface area contributed by atoms with Crippen LogP contribution in [0.3, 0.4) is 0 Å². The summed E-state index contributed by atoms with van der Waals surface area (Å²) in [6.07, 6.45) is 4.42. The molecule has 2 heterocycles. The van der Waals surface area contributed by atoms with Crippen LogP contribution in [0, 0.1) is 0 Å². The highest BCUT2D eigenvalue weighted by Gasteiger charge is 2.15. The maximum atomic E-state index is 12.3. The number of rotatable bonds is 9. The first-order valence-corrected chi connectivity index (χ1v) is 10.1. The predicted octanol–water partition coefficient (Wildman–Crippen LogP) is 3.17. The van der Waals surface area contributed by atoms with E-state index in [2.05, 4.69) is 27.4 Å². The van der Waals surface area contributed by atoms with Crippen molar-refractivity contribution in [3.8, 4) is 17.1 Å². The zero-order valence-corrected chi connectivity index (χ0v) is 16.8. The van der Waals surface area contributed by atoms with Gasteiger partial charge < -0.3 is 14.6 Å². The van der Waals surface area contributed by atoms with Gasteiger partial charge in [0.05, 0.1) is 12.9 Å². The average molecular weight is 398 g/mol. The Morgan fingerprint density at radius 1 is 1.18 bits per heavy atom. The molecular weight excluding hydrogens is 374 g/mol. The molecule has 0 unspecified atom stereocenters. The molecule has 0 saturated carbocycles. The van der Waals surface area contributed by atoms with Crippen molar-refractivity contribution in [3.05, 3.63) is 54.4 Å². The summed E-state index contributed by atoms with van der Waals surface area (Å²) in [6, 6.07) is 11.5. The molecule has 28 heavy (non-hydrogen) atoms. The number of ether oxygens (including phenoxy) is 1. The molecule has 1 aromatic carbocycles. The Morgan fingerprint density at radius 2 is 1.96 bits per heavy atom. The lowest BCUT2D eigenvalue weighted by molar-refractivity contribution is -0.118. The van der Waals surface area contributed by atoms with Gasteiger partial charge >= 0.3 is 0 Å². The Balaban J connectivity index is 1.62. The van der Waals surface area contributed by atoms with Gasteiger partial charge in [0.2, 0.25) is 5.91 Å². The van der Waals surface area contributed by atoms with Crippen LogP contribution >= 0.6 is 11.8 Å². The number of para-hydroxylation sites is 1. The summed E-state index contributed by atoms with van der Waals surface area (Å²) < 4.78 is 7.36. The Kier molecular flexibility index (Phi) is 7.02. The fourth-order valence-electron chi connectivity index (χ4n) is 2.76. The number of benzene rings is 1. The molecule has 1 N–H and O–H groups in total. The summed E-state index contributed by atoms with van der Waals surface area (Å²) in [4.78, 5) is 16.3. The maximum Gasteiger partial charge on any atom is 0.230 e. The largest absolute Gasteiger partial charge is 0.496 e. The number of hydrogen-bond donors (Lipinski definition) is 1. The first-order valence-electron chi connectivity index (χ1n) is 9.08. The van der Waals surface area contributed by atoms with E-state index in [-0.39, 0.29) is 11.7 Å². The van der Waals surface area contributed by atoms with E-state index in [9.17, 15) is 4.79 Å². The number of carbonyl (C=O) groups excluding carboxylic acids is 1. The van der Waals surface area contributed by atoms with Crippen LogP contribution in [0.4, 0.5) is 0 Å². The summed E-state index contributed by atoms with van der Waals surface area (Å²) in [5.41, 5.74) is 1.90. The van der Waals surface area contributed by atoms with E-state index >= 15 is 0 Å². The molecule has 3 rings (SSSR count). The second-order valence-electron chi connectivity index (χ2n) is 6.07. The van der Waals surface area contributed by atoms with Crippen molar-refractivity contribution in [2.24, 2.45) is 0 Å². The molecule has 3 aromatic rings. The lowest BCUT2D eigenvalue weighted by Crippen LogP contribution is -2.25. The van der Waals surface area contributed by atoms with E-state index in [1.165, 1.54) is 11.8 Å². The van der Waals surface area contributed by atoms with Gasteiger partial charge in [0, 0.05) is 36.6 Å². The molecule has 2 aromatic heterocycles. The number of hydrogen-bond acceptors (Lipinski definition) is 6. The van der Waals surface area contributed by atoms with Crippen LogP contribution in [-0.4, -0.2) is 38.5 Å². The first kappa shape index (κ1) is 19.9. The number of aromatic nitrogens is 4. The lowest BCUT2D eigenvalue weighted by Gasteiger charge is -2.10. The Labute approximate surface area is 168 Å². The number of nitrogens with zero attached hydrogens (tertiary/aromatic N) is 4. The summed E-state index contributed by atoms with van der Waals surface area (Å²) in [7, 11) is 1.62. The van der Waals surface area contributed by atoms with Crippen molar-refractivity contribution >= 4 is 17.7 Å². The van der Waals surface area contributed by atoms with Crippen LogP contribution in [0.5, 0.6) is 5.75 Å². The highest BCUT2D eigenvalue weighted by Crippen LogP contribution is 2.24. The molecule has 8 heteroatoms. The fourth-order valence-corrected chi connectivity index (χ4v) is 3.55. The Hall–Kier alpha value is -2.87. The molecule has 0 aliphatic rings.